The van der Waals surface area contributed by atoms with Crippen LogP contribution in [0.1, 0.15) is 11.4 Å². The largest absolute Gasteiger partial charge is 0.384 e. The van der Waals surface area contributed by atoms with Crippen LogP contribution in [-0.2, 0) is 0 Å². The molecule has 5 heteroatoms. The van der Waals surface area contributed by atoms with Crippen molar-refractivity contribution in [1.29, 1.82) is 0 Å². The summed E-state index contributed by atoms with van der Waals surface area (Å²) in [5.74, 6) is 0.588. The van der Waals surface area contributed by atoms with Gasteiger partial charge in [0.2, 0.25) is 0 Å². The third-order valence-corrected chi connectivity index (χ3v) is 2.34. The molecule has 2 aromatic heterocycles. The molecule has 2 rings (SSSR count). The maximum atomic E-state index is 5.35. The quantitative estimate of drug-likeness (QED) is 0.714. The van der Waals surface area contributed by atoms with Gasteiger partial charge in [0.1, 0.15) is 5.82 Å². The molecule has 0 aliphatic rings. The molecule has 0 spiro atoms. The van der Waals surface area contributed by atoms with Crippen molar-refractivity contribution < 1.29 is 0 Å². The van der Waals surface area contributed by atoms with Gasteiger partial charge < -0.3 is 11.5 Å². The number of nitrogens with two attached hydrogens (primary N) is 2. The van der Waals surface area contributed by atoms with E-state index in [1.807, 2.05) is 31.4 Å². The smallest absolute Gasteiger partial charge is 0.180 e. The van der Waals surface area contributed by atoms with Crippen LogP contribution >= 0.6 is 11.3 Å². The summed E-state index contributed by atoms with van der Waals surface area (Å²) in [6, 6.07) is 5.57. The van der Waals surface area contributed by atoms with E-state index in [0.29, 0.717) is 10.9 Å². The van der Waals surface area contributed by atoms with Crippen molar-refractivity contribution >= 4 is 22.3 Å². The molecule has 4 N–H and O–H groups in total. The first-order chi connectivity index (χ1) is 7.08. The van der Waals surface area contributed by atoms with Gasteiger partial charge in [-0.25, -0.2) is 9.97 Å². The molecule has 0 fully saturated rings. The van der Waals surface area contributed by atoms with Crippen molar-refractivity contribution in [2.24, 2.45) is 0 Å². The number of pyridine rings is 1. The molecule has 0 saturated carbocycles. The van der Waals surface area contributed by atoms with Crippen LogP contribution in [0.25, 0.3) is 0 Å². The summed E-state index contributed by atoms with van der Waals surface area (Å²) in [6.07, 6.45) is 0. The molecule has 0 aliphatic heterocycles. The Bertz CT molecular complexity index is 391. The highest BCUT2D eigenvalue weighted by atomic mass is 32.1. The number of aromatic nitrogens is 2. The molecule has 0 atom stereocenters. The SMILES string of the molecule is Cc1cccc(N)n1.Cc1csc(N)n1. The van der Waals surface area contributed by atoms with Crippen LogP contribution in [0.4, 0.5) is 10.9 Å². The third-order valence-electron chi connectivity index (χ3n) is 1.55. The number of anilines is 2. The highest BCUT2D eigenvalue weighted by Crippen LogP contribution is 2.08. The monoisotopic (exact) mass is 222 g/mol. The number of hydrogen-bond donors (Lipinski definition) is 2. The van der Waals surface area contributed by atoms with Crippen molar-refractivity contribution in [1.82, 2.24) is 9.97 Å². The maximum absolute atomic E-state index is 5.35. The lowest BCUT2D eigenvalue weighted by Crippen LogP contribution is -1.89. The Kier molecular flexibility index (Phi) is 4.05. The van der Waals surface area contributed by atoms with Gasteiger partial charge in [0.15, 0.2) is 5.13 Å². The van der Waals surface area contributed by atoms with E-state index in [9.17, 15) is 0 Å². The summed E-state index contributed by atoms with van der Waals surface area (Å²) in [7, 11) is 0. The lowest BCUT2D eigenvalue weighted by Gasteiger charge is -1.90. The molecule has 0 unspecified atom stereocenters. The fourth-order valence-corrected chi connectivity index (χ4v) is 1.48. The summed E-state index contributed by atoms with van der Waals surface area (Å²) >= 11 is 1.47. The van der Waals surface area contributed by atoms with Gasteiger partial charge in [-0.2, -0.15) is 0 Å². The van der Waals surface area contributed by atoms with E-state index >= 15 is 0 Å². The van der Waals surface area contributed by atoms with Crippen LogP contribution in [0.15, 0.2) is 23.6 Å². The Morgan fingerprint density at radius 3 is 2.07 bits per heavy atom. The Labute approximate surface area is 93.0 Å². The molecule has 0 radical (unpaired) electrons. The predicted octanol–water partition coefficient (Wildman–Crippen LogP) is 2.01. The standard InChI is InChI=1S/C6H8N2.C4H6N2S/c1-5-3-2-4-6(7)8-5;1-3-2-7-4(5)6-3/h2-4H,1H3,(H2,7,8);2H,1H3,(H2,5,6). The number of rotatable bonds is 0. The zero-order valence-electron chi connectivity index (χ0n) is 8.77. The van der Waals surface area contributed by atoms with E-state index < -0.39 is 0 Å². The number of hydrogen-bond acceptors (Lipinski definition) is 5. The van der Waals surface area contributed by atoms with Crippen LogP contribution in [0.3, 0.4) is 0 Å². The van der Waals surface area contributed by atoms with E-state index in [2.05, 4.69) is 9.97 Å². The topological polar surface area (TPSA) is 77.8 Å². The molecular formula is C10H14N4S. The molecule has 0 aliphatic carbocycles. The minimum absolute atomic E-state index is 0.588. The lowest BCUT2D eigenvalue weighted by molar-refractivity contribution is 1.21. The van der Waals surface area contributed by atoms with Crippen molar-refractivity contribution in [2.75, 3.05) is 11.5 Å². The van der Waals surface area contributed by atoms with E-state index in [4.69, 9.17) is 11.5 Å². The van der Waals surface area contributed by atoms with Crippen molar-refractivity contribution in [3.8, 4) is 0 Å². The molecule has 0 bridgehead atoms. The van der Waals surface area contributed by atoms with E-state index in [0.717, 1.165) is 11.4 Å². The minimum atomic E-state index is 0.588. The highest BCUT2D eigenvalue weighted by molar-refractivity contribution is 7.13. The van der Waals surface area contributed by atoms with Crippen molar-refractivity contribution in [3.63, 3.8) is 0 Å². The number of nitrogen functional groups attached to an aromatic ring is 2. The van der Waals surface area contributed by atoms with Gasteiger partial charge in [-0.05, 0) is 26.0 Å². The Morgan fingerprint density at radius 1 is 1.07 bits per heavy atom. The Hall–Kier alpha value is -1.62. The Balaban J connectivity index is 0.000000151. The third kappa shape index (κ3) is 4.42. The highest BCUT2D eigenvalue weighted by Gasteiger charge is 1.86. The van der Waals surface area contributed by atoms with Gasteiger partial charge in [0.05, 0.1) is 5.69 Å². The van der Waals surface area contributed by atoms with Gasteiger partial charge in [0, 0.05) is 11.1 Å². The summed E-state index contributed by atoms with van der Waals surface area (Å²) in [4.78, 5) is 7.86. The molecule has 0 saturated heterocycles. The number of thiazole rings is 1. The molecule has 4 nitrogen and oxygen atoms in total. The van der Waals surface area contributed by atoms with Gasteiger partial charge in [0.25, 0.3) is 0 Å². The molecule has 0 amide bonds. The van der Waals surface area contributed by atoms with E-state index in [1.165, 1.54) is 11.3 Å². The fourth-order valence-electron chi connectivity index (χ4n) is 0.936. The van der Waals surface area contributed by atoms with E-state index in [-0.39, 0.29) is 0 Å². The van der Waals surface area contributed by atoms with Gasteiger partial charge in [-0.15, -0.1) is 11.3 Å². The Morgan fingerprint density at radius 2 is 1.80 bits per heavy atom. The average molecular weight is 222 g/mol. The molecule has 80 valence electrons. The molecule has 15 heavy (non-hydrogen) atoms. The molecule has 2 heterocycles. The first-order valence-corrected chi connectivity index (χ1v) is 5.32. The second-order valence-electron chi connectivity index (χ2n) is 3.03. The van der Waals surface area contributed by atoms with Crippen LogP contribution in [-0.4, -0.2) is 9.97 Å². The second kappa shape index (κ2) is 5.31. The maximum Gasteiger partial charge on any atom is 0.180 e. The average Bonchev–Trinajstić information content (AvgIpc) is 2.50. The first-order valence-electron chi connectivity index (χ1n) is 4.44. The van der Waals surface area contributed by atoms with Crippen LogP contribution in [0.5, 0.6) is 0 Å². The number of nitrogens with zero attached hydrogens (tertiary/aromatic N) is 2. The van der Waals surface area contributed by atoms with Gasteiger partial charge in [-0.3, -0.25) is 0 Å². The summed E-state index contributed by atoms with van der Waals surface area (Å²) in [6.45, 7) is 3.84. The lowest BCUT2D eigenvalue weighted by atomic mass is 10.4. The zero-order chi connectivity index (χ0) is 11.3. The van der Waals surface area contributed by atoms with Gasteiger partial charge in [-0.1, -0.05) is 6.07 Å². The first kappa shape index (κ1) is 11.5. The summed E-state index contributed by atoms with van der Waals surface area (Å²) in [5.41, 5.74) is 12.6. The van der Waals surface area contributed by atoms with Crippen LogP contribution in [0, 0.1) is 13.8 Å². The van der Waals surface area contributed by atoms with E-state index in [1.54, 1.807) is 6.07 Å². The van der Waals surface area contributed by atoms with Crippen LogP contribution < -0.4 is 11.5 Å². The minimum Gasteiger partial charge on any atom is -0.384 e. The summed E-state index contributed by atoms with van der Waals surface area (Å²) in [5, 5.41) is 2.58. The molecular weight excluding hydrogens is 208 g/mol. The fraction of sp³-hybridized carbons (Fsp3) is 0.200. The number of aryl methyl sites for hydroxylation is 2. The van der Waals surface area contributed by atoms with Crippen LogP contribution in [0.2, 0.25) is 0 Å². The summed E-state index contributed by atoms with van der Waals surface area (Å²) < 4.78 is 0. The normalized spacial score (nSPS) is 9.20. The predicted molar refractivity (Wildman–Crippen MR) is 64.6 cm³/mol. The molecule has 0 aromatic carbocycles. The van der Waals surface area contributed by atoms with Crippen molar-refractivity contribution in [3.05, 3.63) is 35.0 Å². The second-order valence-corrected chi connectivity index (χ2v) is 3.92. The molecule has 2 aromatic rings. The van der Waals surface area contributed by atoms with Crippen molar-refractivity contribution in [2.45, 2.75) is 13.8 Å². The van der Waals surface area contributed by atoms with Gasteiger partial charge >= 0.3 is 0 Å². The zero-order valence-corrected chi connectivity index (χ0v) is 9.58.